The van der Waals surface area contributed by atoms with Crippen molar-refractivity contribution in [2.75, 3.05) is 27.4 Å². The van der Waals surface area contributed by atoms with E-state index >= 15 is 0 Å². The van der Waals surface area contributed by atoms with Crippen molar-refractivity contribution in [3.05, 3.63) is 57.5 Å². The van der Waals surface area contributed by atoms with E-state index in [4.69, 9.17) is 14.2 Å². The molecule has 7 nitrogen and oxygen atoms in total. The van der Waals surface area contributed by atoms with Gasteiger partial charge in [-0.3, -0.25) is 9.59 Å². The van der Waals surface area contributed by atoms with Gasteiger partial charge in [-0.15, -0.1) is 0 Å². The number of aromatic nitrogens is 1. The standard InChI is InChI=1S/C22H26N2O5/c1-14-6-8-23(9-7-15-4-5-18(27-2)19(10-15)28-3)21(25)20(14)22(26)24-12-17-11-16(24)13-29-17/h4-6,8,10,16-17H,7,9,11-13H2,1-3H3/t16-,17-/m1/s1. The molecule has 2 saturated heterocycles. The summed E-state index contributed by atoms with van der Waals surface area (Å²) in [5.41, 5.74) is 1.77. The second kappa shape index (κ2) is 7.91. The third-order valence-electron chi connectivity index (χ3n) is 5.84. The molecule has 4 rings (SSSR count). The highest BCUT2D eigenvalue weighted by atomic mass is 16.5. The Morgan fingerprint density at radius 1 is 1.21 bits per heavy atom. The van der Waals surface area contributed by atoms with Crippen LogP contribution in [-0.4, -0.2) is 54.9 Å². The van der Waals surface area contributed by atoms with Crippen molar-refractivity contribution in [3.8, 4) is 11.5 Å². The first-order chi connectivity index (χ1) is 14.0. The van der Waals surface area contributed by atoms with Crippen molar-refractivity contribution in [1.82, 2.24) is 9.47 Å². The SMILES string of the molecule is COc1ccc(CCn2ccc(C)c(C(=O)N3C[C@H]4C[C@@H]3CO4)c2=O)cc1OC. The number of rotatable bonds is 6. The van der Waals surface area contributed by atoms with Crippen molar-refractivity contribution in [3.63, 3.8) is 0 Å². The van der Waals surface area contributed by atoms with Crippen LogP contribution in [0.15, 0.2) is 35.3 Å². The monoisotopic (exact) mass is 398 g/mol. The largest absolute Gasteiger partial charge is 0.493 e. The number of amides is 1. The Labute approximate surface area is 169 Å². The van der Waals surface area contributed by atoms with Gasteiger partial charge in [0.1, 0.15) is 5.56 Å². The molecule has 0 unspecified atom stereocenters. The smallest absolute Gasteiger partial charge is 0.263 e. The summed E-state index contributed by atoms with van der Waals surface area (Å²) < 4.78 is 17.8. The second-order valence-corrected chi connectivity index (χ2v) is 7.61. The number of carbonyl (C=O) groups is 1. The van der Waals surface area contributed by atoms with Crippen LogP contribution in [0, 0.1) is 6.92 Å². The van der Waals surface area contributed by atoms with E-state index < -0.39 is 0 Å². The fourth-order valence-electron chi connectivity index (χ4n) is 4.18. The average molecular weight is 398 g/mol. The molecule has 0 radical (unpaired) electrons. The number of methoxy groups -OCH3 is 2. The molecule has 1 amide bonds. The molecule has 29 heavy (non-hydrogen) atoms. The number of hydrogen-bond donors (Lipinski definition) is 0. The molecule has 2 aromatic rings. The molecule has 0 aliphatic carbocycles. The van der Waals surface area contributed by atoms with Crippen molar-refractivity contribution >= 4 is 5.91 Å². The molecule has 2 bridgehead atoms. The van der Waals surface area contributed by atoms with Crippen LogP contribution < -0.4 is 15.0 Å². The first-order valence-electron chi connectivity index (χ1n) is 9.85. The quantitative estimate of drug-likeness (QED) is 0.745. The van der Waals surface area contributed by atoms with Gasteiger partial charge >= 0.3 is 0 Å². The third-order valence-corrected chi connectivity index (χ3v) is 5.84. The van der Waals surface area contributed by atoms with Gasteiger partial charge in [-0.25, -0.2) is 0 Å². The van der Waals surface area contributed by atoms with Crippen LogP contribution in [0.4, 0.5) is 0 Å². The van der Waals surface area contributed by atoms with Crippen LogP contribution in [-0.2, 0) is 17.7 Å². The number of fused-ring (bicyclic) bond motifs is 2. The highest BCUT2D eigenvalue weighted by Gasteiger charge is 2.42. The second-order valence-electron chi connectivity index (χ2n) is 7.61. The number of morpholine rings is 1. The number of benzene rings is 1. The number of likely N-dealkylation sites (tertiary alicyclic amines) is 1. The summed E-state index contributed by atoms with van der Waals surface area (Å²) in [4.78, 5) is 28.0. The molecule has 2 aliphatic rings. The molecule has 1 aromatic heterocycles. The van der Waals surface area contributed by atoms with Crippen molar-refractivity contribution in [2.24, 2.45) is 0 Å². The number of aryl methyl sites for hydroxylation is 3. The Morgan fingerprint density at radius 2 is 2.00 bits per heavy atom. The lowest BCUT2D eigenvalue weighted by Gasteiger charge is -2.27. The number of ether oxygens (including phenoxy) is 3. The molecule has 2 atom stereocenters. The van der Waals surface area contributed by atoms with E-state index in [1.807, 2.05) is 31.2 Å². The van der Waals surface area contributed by atoms with E-state index in [0.717, 1.165) is 12.0 Å². The van der Waals surface area contributed by atoms with E-state index in [0.29, 0.717) is 43.2 Å². The molecule has 154 valence electrons. The van der Waals surface area contributed by atoms with Crippen molar-refractivity contribution in [2.45, 2.75) is 38.5 Å². The Balaban J connectivity index is 1.54. The van der Waals surface area contributed by atoms with E-state index in [9.17, 15) is 9.59 Å². The fraction of sp³-hybridized carbons (Fsp3) is 0.455. The van der Waals surface area contributed by atoms with Crippen molar-refractivity contribution < 1.29 is 19.0 Å². The predicted octanol–water partition coefficient (Wildman–Crippen LogP) is 2.03. The van der Waals surface area contributed by atoms with Gasteiger partial charge in [0, 0.05) is 19.3 Å². The summed E-state index contributed by atoms with van der Waals surface area (Å²) >= 11 is 0. The van der Waals surface area contributed by atoms with Crippen LogP contribution in [0.3, 0.4) is 0 Å². The first kappa shape index (κ1) is 19.5. The van der Waals surface area contributed by atoms with Gasteiger partial charge in [-0.05, 0) is 49.1 Å². The number of carbonyl (C=O) groups excluding carboxylic acids is 1. The normalized spacial score (nSPS) is 20.2. The Kier molecular flexibility index (Phi) is 5.32. The zero-order valence-electron chi connectivity index (χ0n) is 17.0. The highest BCUT2D eigenvalue weighted by molar-refractivity contribution is 5.95. The van der Waals surface area contributed by atoms with Crippen LogP contribution in [0.1, 0.15) is 27.9 Å². The molecule has 0 N–H and O–H groups in total. The van der Waals surface area contributed by atoms with Crippen LogP contribution >= 0.6 is 0 Å². The summed E-state index contributed by atoms with van der Waals surface area (Å²) in [7, 11) is 3.19. The molecule has 2 fully saturated rings. The topological polar surface area (TPSA) is 70.0 Å². The zero-order valence-corrected chi connectivity index (χ0v) is 17.0. The van der Waals surface area contributed by atoms with Gasteiger partial charge in [0.2, 0.25) is 0 Å². The predicted molar refractivity (Wildman–Crippen MR) is 108 cm³/mol. The zero-order chi connectivity index (χ0) is 20.5. The summed E-state index contributed by atoms with van der Waals surface area (Å²) in [5, 5.41) is 0. The maximum absolute atomic E-state index is 13.1. The molecule has 0 spiro atoms. The Morgan fingerprint density at radius 3 is 2.66 bits per heavy atom. The lowest BCUT2D eigenvalue weighted by atomic mass is 10.1. The molecule has 3 heterocycles. The van der Waals surface area contributed by atoms with Gasteiger partial charge < -0.3 is 23.7 Å². The summed E-state index contributed by atoms with van der Waals surface area (Å²) in [6.07, 6.45) is 3.37. The maximum Gasteiger partial charge on any atom is 0.263 e. The van der Waals surface area contributed by atoms with E-state index in [2.05, 4.69) is 0 Å². The molecular weight excluding hydrogens is 372 g/mol. The van der Waals surface area contributed by atoms with Crippen LogP contribution in [0.5, 0.6) is 11.5 Å². The number of hydrogen-bond acceptors (Lipinski definition) is 5. The summed E-state index contributed by atoms with van der Waals surface area (Å²) in [5.74, 6) is 1.15. The van der Waals surface area contributed by atoms with Gasteiger partial charge in [0.05, 0.1) is 33.0 Å². The number of pyridine rings is 1. The lowest BCUT2D eigenvalue weighted by Crippen LogP contribution is -2.44. The maximum atomic E-state index is 13.1. The number of nitrogens with zero attached hydrogens (tertiary/aromatic N) is 2. The first-order valence-corrected chi connectivity index (χ1v) is 9.85. The van der Waals surface area contributed by atoms with E-state index in [-0.39, 0.29) is 29.2 Å². The summed E-state index contributed by atoms with van der Waals surface area (Å²) in [6.45, 7) is 3.43. The van der Waals surface area contributed by atoms with Gasteiger partial charge in [-0.1, -0.05) is 6.07 Å². The minimum atomic E-state index is -0.237. The highest BCUT2D eigenvalue weighted by Crippen LogP contribution is 2.29. The Bertz CT molecular complexity index is 984. The van der Waals surface area contributed by atoms with Crippen molar-refractivity contribution in [1.29, 1.82) is 0 Å². The molecule has 0 saturated carbocycles. The van der Waals surface area contributed by atoms with Gasteiger partial charge in [0.25, 0.3) is 11.5 Å². The van der Waals surface area contributed by atoms with E-state index in [1.165, 1.54) is 0 Å². The Hall–Kier alpha value is -2.80. The van der Waals surface area contributed by atoms with E-state index in [1.54, 1.807) is 29.9 Å². The molecular formula is C22H26N2O5. The third kappa shape index (κ3) is 3.62. The lowest BCUT2D eigenvalue weighted by molar-refractivity contribution is 0.0257. The minimum Gasteiger partial charge on any atom is -0.493 e. The van der Waals surface area contributed by atoms with Crippen LogP contribution in [0.2, 0.25) is 0 Å². The molecule has 2 aliphatic heterocycles. The minimum absolute atomic E-state index is 0.0896. The molecule has 7 heteroatoms. The fourth-order valence-corrected chi connectivity index (χ4v) is 4.18. The van der Waals surface area contributed by atoms with Crippen LogP contribution in [0.25, 0.3) is 0 Å². The van der Waals surface area contributed by atoms with Gasteiger partial charge in [0.15, 0.2) is 11.5 Å². The van der Waals surface area contributed by atoms with Gasteiger partial charge in [-0.2, -0.15) is 0 Å². The summed E-state index contributed by atoms with van der Waals surface area (Å²) in [6, 6.07) is 7.64. The molecule has 1 aromatic carbocycles. The average Bonchev–Trinajstić information content (AvgIpc) is 3.36.